The molecule has 1 aromatic rings. The van der Waals surface area contributed by atoms with Crippen molar-refractivity contribution >= 4 is 17.3 Å². The topological polar surface area (TPSA) is 56.1 Å². The van der Waals surface area contributed by atoms with Gasteiger partial charge in [0.05, 0.1) is 23.0 Å². The largest absolute Gasteiger partial charge is 0.372 e. The molecule has 0 aliphatic carbocycles. The molecule has 0 saturated heterocycles. The summed E-state index contributed by atoms with van der Waals surface area (Å²) < 4.78 is 0. The molecule has 1 aromatic carbocycles. The number of nitrogens with zero attached hydrogens (tertiary/aromatic N) is 2. The van der Waals surface area contributed by atoms with Gasteiger partial charge >= 0.3 is 0 Å². The highest BCUT2D eigenvalue weighted by Crippen LogP contribution is 2.31. The van der Waals surface area contributed by atoms with Crippen LogP contribution in [0.2, 0.25) is 0 Å². The van der Waals surface area contributed by atoms with E-state index < -0.39 is 0 Å². The molecule has 1 aliphatic rings. The van der Waals surface area contributed by atoms with Crippen molar-refractivity contribution in [3.63, 3.8) is 0 Å². The van der Waals surface area contributed by atoms with Gasteiger partial charge in [0.2, 0.25) is 5.91 Å². The molecule has 1 amide bonds. The summed E-state index contributed by atoms with van der Waals surface area (Å²) in [6, 6.07) is 7.24. The van der Waals surface area contributed by atoms with E-state index in [0.29, 0.717) is 5.56 Å². The van der Waals surface area contributed by atoms with Gasteiger partial charge in [-0.2, -0.15) is 5.26 Å². The minimum Gasteiger partial charge on any atom is -0.372 e. The second-order valence-corrected chi connectivity index (χ2v) is 3.85. The quantitative estimate of drug-likeness (QED) is 0.776. The molecule has 4 heteroatoms. The van der Waals surface area contributed by atoms with E-state index in [1.807, 2.05) is 13.0 Å². The van der Waals surface area contributed by atoms with Crippen LogP contribution in [0.3, 0.4) is 0 Å². The van der Waals surface area contributed by atoms with Crippen molar-refractivity contribution in [2.45, 2.75) is 19.4 Å². The van der Waals surface area contributed by atoms with Crippen LogP contribution in [0.1, 0.15) is 18.9 Å². The molecule has 2 rings (SSSR count). The molecule has 1 aliphatic heterocycles. The fraction of sp³-hybridized carbons (Fsp3) is 0.333. The fourth-order valence-electron chi connectivity index (χ4n) is 1.88. The Morgan fingerprint density at radius 1 is 1.56 bits per heavy atom. The van der Waals surface area contributed by atoms with Crippen molar-refractivity contribution in [3.8, 4) is 6.07 Å². The number of anilines is 2. The van der Waals surface area contributed by atoms with Crippen molar-refractivity contribution in [1.29, 1.82) is 5.26 Å². The number of amides is 1. The standard InChI is InChI=1S/C12H13N3O/c1-3-9-12(16)15(2)11-6-8(7-13)4-5-10(11)14-9/h4-6,9,14H,3H2,1-2H3. The molecule has 0 radical (unpaired) electrons. The van der Waals surface area contributed by atoms with Crippen molar-refractivity contribution in [2.75, 3.05) is 17.3 Å². The maximum Gasteiger partial charge on any atom is 0.249 e. The normalized spacial score (nSPS) is 18.7. The van der Waals surface area contributed by atoms with Gasteiger partial charge in [-0.05, 0) is 24.6 Å². The Labute approximate surface area is 94.5 Å². The number of hydrogen-bond acceptors (Lipinski definition) is 3. The number of fused-ring (bicyclic) bond motifs is 1. The maximum atomic E-state index is 11.9. The van der Waals surface area contributed by atoms with E-state index in [4.69, 9.17) is 5.26 Å². The van der Waals surface area contributed by atoms with Crippen molar-refractivity contribution in [2.24, 2.45) is 0 Å². The van der Waals surface area contributed by atoms with Gasteiger partial charge in [0.1, 0.15) is 6.04 Å². The molecule has 1 atom stereocenters. The molecule has 16 heavy (non-hydrogen) atoms. The van der Waals surface area contributed by atoms with E-state index in [9.17, 15) is 4.79 Å². The van der Waals surface area contributed by atoms with Gasteiger partial charge in [-0.15, -0.1) is 0 Å². The molecular weight excluding hydrogens is 202 g/mol. The van der Waals surface area contributed by atoms with Gasteiger partial charge in [-0.3, -0.25) is 4.79 Å². The maximum absolute atomic E-state index is 11.9. The molecule has 0 bridgehead atoms. The fourth-order valence-corrected chi connectivity index (χ4v) is 1.88. The summed E-state index contributed by atoms with van der Waals surface area (Å²) in [5.41, 5.74) is 2.25. The highest BCUT2D eigenvalue weighted by molar-refractivity contribution is 6.04. The Morgan fingerprint density at radius 3 is 2.94 bits per heavy atom. The van der Waals surface area contributed by atoms with Crippen LogP contribution in [0.25, 0.3) is 0 Å². The van der Waals surface area contributed by atoms with E-state index in [-0.39, 0.29) is 11.9 Å². The number of nitriles is 1. The summed E-state index contributed by atoms with van der Waals surface area (Å²) in [5, 5.41) is 12.0. The second-order valence-electron chi connectivity index (χ2n) is 3.85. The van der Waals surface area contributed by atoms with E-state index in [1.54, 1.807) is 24.1 Å². The van der Waals surface area contributed by atoms with Gasteiger partial charge in [0, 0.05) is 7.05 Å². The first-order valence-corrected chi connectivity index (χ1v) is 5.25. The van der Waals surface area contributed by atoms with Crippen LogP contribution in [-0.4, -0.2) is 19.0 Å². The third-order valence-electron chi connectivity index (χ3n) is 2.85. The number of rotatable bonds is 1. The molecule has 0 spiro atoms. The summed E-state index contributed by atoms with van der Waals surface area (Å²) >= 11 is 0. The van der Waals surface area contributed by atoms with E-state index in [2.05, 4.69) is 11.4 Å². The molecule has 0 fully saturated rings. The predicted molar refractivity (Wildman–Crippen MR) is 62.3 cm³/mol. The third kappa shape index (κ3) is 1.50. The molecular formula is C12H13N3O. The Kier molecular flexibility index (Phi) is 2.53. The first-order valence-electron chi connectivity index (χ1n) is 5.25. The first kappa shape index (κ1) is 10.5. The number of nitrogens with one attached hydrogen (secondary N) is 1. The molecule has 0 saturated carbocycles. The van der Waals surface area contributed by atoms with Crippen molar-refractivity contribution in [3.05, 3.63) is 23.8 Å². The lowest BCUT2D eigenvalue weighted by Crippen LogP contribution is -2.44. The number of hydrogen-bond donors (Lipinski definition) is 1. The minimum atomic E-state index is -0.162. The first-order chi connectivity index (χ1) is 7.67. The summed E-state index contributed by atoms with van der Waals surface area (Å²) in [4.78, 5) is 13.5. The molecule has 4 nitrogen and oxygen atoms in total. The van der Waals surface area contributed by atoms with E-state index >= 15 is 0 Å². The van der Waals surface area contributed by atoms with Crippen LogP contribution < -0.4 is 10.2 Å². The monoisotopic (exact) mass is 215 g/mol. The van der Waals surface area contributed by atoms with Crippen LogP contribution in [0, 0.1) is 11.3 Å². The summed E-state index contributed by atoms with van der Waals surface area (Å²) in [5.74, 6) is 0.0464. The zero-order valence-electron chi connectivity index (χ0n) is 9.32. The van der Waals surface area contributed by atoms with Crippen LogP contribution in [0.4, 0.5) is 11.4 Å². The van der Waals surface area contributed by atoms with E-state index in [1.165, 1.54) is 0 Å². The molecule has 1 unspecified atom stereocenters. The van der Waals surface area contributed by atoms with Crippen molar-refractivity contribution < 1.29 is 4.79 Å². The summed E-state index contributed by atoms with van der Waals surface area (Å²) in [6.07, 6.45) is 0.753. The van der Waals surface area contributed by atoms with Crippen LogP contribution in [0.15, 0.2) is 18.2 Å². The van der Waals surface area contributed by atoms with Gasteiger partial charge in [0.15, 0.2) is 0 Å². The number of benzene rings is 1. The Bertz CT molecular complexity index is 476. The van der Waals surface area contributed by atoms with Gasteiger partial charge in [0.25, 0.3) is 0 Å². The smallest absolute Gasteiger partial charge is 0.249 e. The Balaban J connectivity index is 2.47. The molecule has 82 valence electrons. The van der Waals surface area contributed by atoms with Crippen LogP contribution in [0.5, 0.6) is 0 Å². The van der Waals surface area contributed by atoms with Crippen molar-refractivity contribution in [1.82, 2.24) is 0 Å². The molecule has 0 aromatic heterocycles. The molecule has 1 heterocycles. The van der Waals surface area contributed by atoms with Gasteiger partial charge in [-0.1, -0.05) is 6.92 Å². The second kappa shape index (κ2) is 3.86. The highest BCUT2D eigenvalue weighted by atomic mass is 16.2. The molecule has 1 N–H and O–H groups in total. The van der Waals surface area contributed by atoms with Gasteiger partial charge in [-0.25, -0.2) is 0 Å². The summed E-state index contributed by atoms with van der Waals surface area (Å²) in [6.45, 7) is 1.97. The average molecular weight is 215 g/mol. The third-order valence-corrected chi connectivity index (χ3v) is 2.85. The number of carbonyl (C=O) groups is 1. The minimum absolute atomic E-state index is 0.0464. The lowest BCUT2D eigenvalue weighted by molar-refractivity contribution is -0.119. The van der Waals surface area contributed by atoms with Crippen LogP contribution in [-0.2, 0) is 4.79 Å². The number of carbonyl (C=O) groups excluding carboxylic acids is 1. The lowest BCUT2D eigenvalue weighted by Gasteiger charge is -2.32. The van der Waals surface area contributed by atoms with Crippen LogP contribution >= 0.6 is 0 Å². The Hall–Kier alpha value is -2.02. The van der Waals surface area contributed by atoms with Gasteiger partial charge < -0.3 is 10.2 Å². The SMILES string of the molecule is CCC1Nc2ccc(C#N)cc2N(C)C1=O. The highest BCUT2D eigenvalue weighted by Gasteiger charge is 2.28. The zero-order chi connectivity index (χ0) is 11.7. The number of likely N-dealkylation sites (N-methyl/N-ethyl adjacent to an activating group) is 1. The Morgan fingerprint density at radius 2 is 2.31 bits per heavy atom. The zero-order valence-corrected chi connectivity index (χ0v) is 9.32. The predicted octanol–water partition coefficient (Wildman–Crippen LogP) is 1.73. The van der Waals surface area contributed by atoms with E-state index in [0.717, 1.165) is 17.8 Å². The lowest BCUT2D eigenvalue weighted by atomic mass is 10.1. The summed E-state index contributed by atoms with van der Waals surface area (Å²) in [7, 11) is 1.74. The average Bonchev–Trinajstić information content (AvgIpc) is 2.33.